The molecule has 18 heavy (non-hydrogen) atoms. The van der Waals surface area contributed by atoms with Crippen LogP contribution < -0.4 is 4.74 Å². The Bertz CT molecular complexity index is 446. The van der Waals surface area contributed by atoms with Crippen LogP contribution in [0.15, 0.2) is 18.2 Å². The molecule has 0 amide bonds. The monoisotopic (exact) mass is 252 g/mol. The molecule has 0 aliphatic carbocycles. The highest BCUT2D eigenvalue weighted by atomic mass is 19.1. The van der Waals surface area contributed by atoms with Crippen molar-refractivity contribution >= 4 is 0 Å². The van der Waals surface area contributed by atoms with E-state index in [0.717, 1.165) is 12.0 Å². The van der Waals surface area contributed by atoms with Crippen molar-refractivity contribution in [2.75, 3.05) is 0 Å². The molecule has 0 saturated carbocycles. The smallest absolute Gasteiger partial charge is 0.165 e. The summed E-state index contributed by atoms with van der Waals surface area (Å²) < 4.78 is 25.6. The van der Waals surface area contributed by atoms with Crippen LogP contribution in [0.5, 0.6) is 5.75 Å². The average Bonchev–Trinajstić information content (AvgIpc) is 2.16. The van der Waals surface area contributed by atoms with Gasteiger partial charge in [-0.1, -0.05) is 12.1 Å². The number of para-hydroxylation sites is 1. The molecular weight excluding hydrogens is 231 g/mol. The van der Waals surface area contributed by atoms with Gasteiger partial charge in [-0.05, 0) is 40.7 Å². The second-order valence-electron chi connectivity index (χ2n) is 6.44. The quantitative estimate of drug-likeness (QED) is 0.744. The molecule has 0 N–H and O–H groups in total. The first kappa shape index (κ1) is 13.3. The van der Waals surface area contributed by atoms with Crippen LogP contribution in [0, 0.1) is 5.82 Å². The molecule has 1 atom stereocenters. The van der Waals surface area contributed by atoms with Crippen molar-refractivity contribution in [1.29, 1.82) is 0 Å². The molecule has 0 radical (unpaired) electrons. The standard InChI is InChI=1S/C15H21FO2/c1-14(2,3)17-12-9-15(4,5)18-13-10(12)7-6-8-11(13)16/h6-8,12H,9H2,1-5H3. The van der Waals surface area contributed by atoms with Gasteiger partial charge in [-0.25, -0.2) is 4.39 Å². The van der Waals surface area contributed by atoms with Crippen LogP contribution in [-0.2, 0) is 4.74 Å². The zero-order chi connectivity index (χ0) is 13.6. The summed E-state index contributed by atoms with van der Waals surface area (Å²) in [5.74, 6) is 0.0192. The molecular formula is C15H21FO2. The second-order valence-corrected chi connectivity index (χ2v) is 6.44. The molecule has 0 spiro atoms. The van der Waals surface area contributed by atoms with Gasteiger partial charge in [0.05, 0.1) is 11.7 Å². The predicted octanol–water partition coefficient (Wildman–Crippen LogP) is 4.24. The zero-order valence-electron chi connectivity index (χ0n) is 11.7. The SMILES string of the molecule is CC(C)(C)OC1CC(C)(C)Oc2c(F)cccc21. The van der Waals surface area contributed by atoms with E-state index >= 15 is 0 Å². The third kappa shape index (κ3) is 2.83. The molecule has 1 aromatic carbocycles. The first-order chi connectivity index (χ1) is 8.18. The molecule has 0 saturated heterocycles. The zero-order valence-corrected chi connectivity index (χ0v) is 11.7. The van der Waals surface area contributed by atoms with Gasteiger partial charge in [0, 0.05) is 12.0 Å². The van der Waals surface area contributed by atoms with Gasteiger partial charge in [-0.2, -0.15) is 0 Å². The van der Waals surface area contributed by atoms with E-state index in [1.54, 1.807) is 6.07 Å². The van der Waals surface area contributed by atoms with E-state index in [2.05, 4.69) is 0 Å². The molecule has 3 heteroatoms. The number of fused-ring (bicyclic) bond motifs is 1. The second kappa shape index (κ2) is 4.23. The van der Waals surface area contributed by atoms with Crippen molar-refractivity contribution in [1.82, 2.24) is 0 Å². The van der Waals surface area contributed by atoms with Crippen LogP contribution in [0.25, 0.3) is 0 Å². The van der Waals surface area contributed by atoms with E-state index in [9.17, 15) is 4.39 Å². The van der Waals surface area contributed by atoms with Gasteiger partial charge in [-0.15, -0.1) is 0 Å². The Labute approximate surface area is 108 Å². The summed E-state index contributed by atoms with van der Waals surface area (Å²) in [6.45, 7) is 9.94. The lowest BCUT2D eigenvalue weighted by atomic mass is 9.91. The van der Waals surface area contributed by atoms with Crippen LogP contribution in [-0.4, -0.2) is 11.2 Å². The third-order valence-corrected chi connectivity index (χ3v) is 2.90. The van der Waals surface area contributed by atoms with Crippen LogP contribution in [0.2, 0.25) is 0 Å². The van der Waals surface area contributed by atoms with Crippen LogP contribution in [0.4, 0.5) is 4.39 Å². The fourth-order valence-corrected chi connectivity index (χ4v) is 2.29. The number of hydrogen-bond acceptors (Lipinski definition) is 2. The van der Waals surface area contributed by atoms with E-state index in [4.69, 9.17) is 9.47 Å². The van der Waals surface area contributed by atoms with Crippen LogP contribution in [0.3, 0.4) is 0 Å². The number of halogens is 1. The molecule has 2 rings (SSSR count). The van der Waals surface area contributed by atoms with Crippen LogP contribution in [0.1, 0.15) is 52.7 Å². The number of ether oxygens (including phenoxy) is 2. The molecule has 1 aromatic rings. The summed E-state index contributed by atoms with van der Waals surface area (Å²) in [4.78, 5) is 0. The van der Waals surface area contributed by atoms with E-state index in [0.29, 0.717) is 5.75 Å². The summed E-state index contributed by atoms with van der Waals surface area (Å²) in [6.07, 6.45) is 0.597. The first-order valence-corrected chi connectivity index (χ1v) is 6.33. The van der Waals surface area contributed by atoms with Crippen molar-refractivity contribution in [3.63, 3.8) is 0 Å². The first-order valence-electron chi connectivity index (χ1n) is 6.33. The molecule has 2 nitrogen and oxygen atoms in total. The van der Waals surface area contributed by atoms with Crippen molar-refractivity contribution in [2.45, 2.75) is 58.3 Å². The third-order valence-electron chi connectivity index (χ3n) is 2.90. The van der Waals surface area contributed by atoms with E-state index in [1.807, 2.05) is 40.7 Å². The van der Waals surface area contributed by atoms with Gasteiger partial charge in [0.1, 0.15) is 5.60 Å². The minimum atomic E-state index is -0.412. The Kier molecular flexibility index (Phi) is 3.14. The highest BCUT2D eigenvalue weighted by Gasteiger charge is 2.37. The molecule has 100 valence electrons. The predicted molar refractivity (Wildman–Crippen MR) is 69.3 cm³/mol. The van der Waals surface area contributed by atoms with Crippen LogP contribution >= 0.6 is 0 Å². The lowest BCUT2D eigenvalue weighted by Crippen LogP contribution is -2.38. The molecule has 1 unspecified atom stereocenters. The van der Waals surface area contributed by atoms with Crippen molar-refractivity contribution in [3.05, 3.63) is 29.6 Å². The lowest BCUT2D eigenvalue weighted by molar-refractivity contribution is -0.101. The Morgan fingerprint density at radius 1 is 1.33 bits per heavy atom. The molecule has 0 fully saturated rings. The normalized spacial score (nSPS) is 22.2. The molecule has 1 aliphatic heterocycles. The fourth-order valence-electron chi connectivity index (χ4n) is 2.29. The number of benzene rings is 1. The minimum Gasteiger partial charge on any atom is -0.484 e. The van der Waals surface area contributed by atoms with Gasteiger partial charge >= 0.3 is 0 Å². The van der Waals surface area contributed by atoms with E-state index in [-0.39, 0.29) is 17.5 Å². The van der Waals surface area contributed by atoms with Gasteiger partial charge in [0.25, 0.3) is 0 Å². The summed E-state index contributed by atoms with van der Waals surface area (Å²) in [6, 6.07) is 5.01. The lowest BCUT2D eigenvalue weighted by Gasteiger charge is -2.40. The Morgan fingerprint density at radius 2 is 2.00 bits per heavy atom. The fraction of sp³-hybridized carbons (Fsp3) is 0.600. The summed E-state index contributed by atoms with van der Waals surface area (Å²) in [5, 5.41) is 0. The highest BCUT2D eigenvalue weighted by Crippen LogP contribution is 2.44. The van der Waals surface area contributed by atoms with Gasteiger partial charge < -0.3 is 9.47 Å². The Hall–Kier alpha value is -1.09. The Morgan fingerprint density at radius 3 is 2.61 bits per heavy atom. The van der Waals surface area contributed by atoms with E-state index < -0.39 is 5.60 Å². The number of rotatable bonds is 1. The minimum absolute atomic E-state index is 0.126. The average molecular weight is 252 g/mol. The highest BCUT2D eigenvalue weighted by molar-refractivity contribution is 5.39. The molecule has 1 aliphatic rings. The Balaban J connectivity index is 2.41. The maximum Gasteiger partial charge on any atom is 0.165 e. The van der Waals surface area contributed by atoms with Gasteiger partial charge in [-0.3, -0.25) is 0 Å². The van der Waals surface area contributed by atoms with Gasteiger partial charge in [0.2, 0.25) is 0 Å². The molecule has 0 bridgehead atoms. The maximum absolute atomic E-state index is 13.8. The molecule has 1 heterocycles. The summed E-state index contributed by atoms with van der Waals surface area (Å²) in [7, 11) is 0. The maximum atomic E-state index is 13.8. The van der Waals surface area contributed by atoms with Gasteiger partial charge in [0.15, 0.2) is 11.6 Å². The largest absolute Gasteiger partial charge is 0.484 e. The van der Waals surface area contributed by atoms with Crippen molar-refractivity contribution in [2.24, 2.45) is 0 Å². The number of hydrogen-bond donors (Lipinski definition) is 0. The van der Waals surface area contributed by atoms with Crippen molar-refractivity contribution in [3.8, 4) is 5.75 Å². The summed E-state index contributed by atoms with van der Waals surface area (Å²) in [5.41, 5.74) is 0.136. The summed E-state index contributed by atoms with van der Waals surface area (Å²) >= 11 is 0. The molecule has 0 aromatic heterocycles. The topological polar surface area (TPSA) is 18.5 Å². The van der Waals surface area contributed by atoms with E-state index in [1.165, 1.54) is 6.07 Å². The van der Waals surface area contributed by atoms with Crippen molar-refractivity contribution < 1.29 is 13.9 Å².